The molecule has 7 atom stereocenters. The molecule has 6 N–H and O–H groups in total. The van der Waals surface area contributed by atoms with Crippen LogP contribution in [-0.4, -0.2) is 100 Å². The first-order valence-electron chi connectivity index (χ1n) is 36.6. The third kappa shape index (κ3) is 52.2. The van der Waals surface area contributed by atoms with Gasteiger partial charge >= 0.3 is 5.97 Å². The van der Waals surface area contributed by atoms with Crippen molar-refractivity contribution in [1.29, 1.82) is 0 Å². The van der Waals surface area contributed by atoms with Crippen LogP contribution in [-0.2, 0) is 23.8 Å². The van der Waals surface area contributed by atoms with Crippen LogP contribution in [0.2, 0.25) is 0 Å². The van der Waals surface area contributed by atoms with E-state index in [1.165, 1.54) is 244 Å². The Balaban J connectivity index is 1.97. The fourth-order valence-electron chi connectivity index (χ4n) is 11.3. The molecule has 1 heterocycles. The van der Waals surface area contributed by atoms with E-state index in [0.29, 0.717) is 19.4 Å². The highest BCUT2D eigenvalue weighted by atomic mass is 16.7. The summed E-state index contributed by atoms with van der Waals surface area (Å²) in [5, 5.41) is 54.5. The quantitative estimate of drug-likeness (QED) is 0.0195. The second-order valence-electron chi connectivity index (χ2n) is 25.3. The van der Waals surface area contributed by atoms with Gasteiger partial charge < -0.3 is 45.1 Å². The molecule has 0 saturated carbocycles. The Bertz CT molecular complexity index is 1610. The second-order valence-corrected chi connectivity index (χ2v) is 25.3. The number of carbonyl (C=O) groups is 2. The van der Waals surface area contributed by atoms with Gasteiger partial charge in [-0.05, 0) is 89.9 Å². The lowest BCUT2D eigenvalue weighted by atomic mass is 9.99. The van der Waals surface area contributed by atoms with Gasteiger partial charge in [0, 0.05) is 12.8 Å². The van der Waals surface area contributed by atoms with E-state index in [1.807, 2.05) is 6.08 Å². The minimum absolute atomic E-state index is 0.00960. The molecule has 11 heteroatoms. The molecule has 1 aliphatic rings. The van der Waals surface area contributed by atoms with E-state index in [0.717, 1.165) is 70.6 Å². The molecule has 0 bridgehead atoms. The molecule has 1 rings (SSSR count). The fraction of sp³-hybridized carbons (Fsp3) is 0.840. The van der Waals surface area contributed by atoms with Gasteiger partial charge in [-0.3, -0.25) is 9.59 Å². The number of allylic oxidation sites excluding steroid dienone is 9. The zero-order valence-electron chi connectivity index (χ0n) is 55.8. The van der Waals surface area contributed by atoms with Gasteiger partial charge in [-0.25, -0.2) is 0 Å². The molecule has 1 saturated heterocycles. The van der Waals surface area contributed by atoms with Gasteiger partial charge in [0.15, 0.2) is 6.29 Å². The summed E-state index contributed by atoms with van der Waals surface area (Å²) in [6, 6.07) is -0.810. The highest BCUT2D eigenvalue weighted by Crippen LogP contribution is 2.23. The zero-order chi connectivity index (χ0) is 62.3. The smallest absolute Gasteiger partial charge is 0.305 e. The van der Waals surface area contributed by atoms with Crippen molar-refractivity contribution < 1.29 is 49.3 Å². The summed E-state index contributed by atoms with van der Waals surface area (Å²) in [6.45, 7) is 4.32. The number of aliphatic hydroxyl groups is 5. The molecule has 0 spiro atoms. The first-order chi connectivity index (χ1) is 42.2. The van der Waals surface area contributed by atoms with E-state index in [1.54, 1.807) is 6.08 Å². The van der Waals surface area contributed by atoms with Crippen LogP contribution in [0.15, 0.2) is 60.8 Å². The number of hydrogen-bond donors (Lipinski definition) is 6. The summed E-state index contributed by atoms with van der Waals surface area (Å²) in [5.41, 5.74) is 0. The largest absolute Gasteiger partial charge is 0.466 e. The number of nitrogens with one attached hydrogen (secondary N) is 1. The van der Waals surface area contributed by atoms with E-state index in [2.05, 4.69) is 67.8 Å². The number of carbonyl (C=O) groups excluding carboxylic acids is 2. The Labute approximate surface area is 528 Å². The van der Waals surface area contributed by atoms with Crippen LogP contribution in [0, 0.1) is 0 Å². The van der Waals surface area contributed by atoms with Gasteiger partial charge in [-0.2, -0.15) is 0 Å². The summed E-state index contributed by atoms with van der Waals surface area (Å²) < 4.78 is 16.7. The maximum absolute atomic E-state index is 13.1. The molecule has 1 amide bonds. The maximum atomic E-state index is 13.1. The normalized spacial score (nSPS) is 18.2. The van der Waals surface area contributed by atoms with Crippen LogP contribution < -0.4 is 5.32 Å². The molecular formula is C75H137NO10. The average Bonchev–Trinajstić information content (AvgIpc) is 2.38. The molecule has 0 aliphatic carbocycles. The zero-order valence-corrected chi connectivity index (χ0v) is 55.8. The van der Waals surface area contributed by atoms with Crippen molar-refractivity contribution in [2.24, 2.45) is 0 Å². The lowest BCUT2D eigenvalue weighted by molar-refractivity contribution is -0.302. The molecular weight excluding hydrogens is 1070 g/mol. The van der Waals surface area contributed by atoms with Crippen LogP contribution in [0.3, 0.4) is 0 Å². The standard InChI is InChI=1S/C75H137NO10/c1-3-5-7-9-11-13-15-17-39-43-47-51-55-59-63-71(80)84-64-60-56-52-48-44-40-36-34-32-30-28-26-24-22-20-18-19-21-23-25-27-29-31-33-35-38-42-46-50-54-58-62-70(79)76-67(66-85-75-74(83)73(82)72(81)69(65-77)86-75)68(78)61-57-53-49-45-41-37-16-14-12-10-8-6-4-2/h9,11,15,17,20,22,26,28,57,61,67-69,72-75,77-78,81-83H,3-8,10,12-14,16,18-19,21,23-25,27,29-56,58-60,62-66H2,1-2H3,(H,76,79)/b11-9-,17-15-,22-20-,28-26-,61-57+. The molecule has 0 radical (unpaired) electrons. The highest BCUT2D eigenvalue weighted by molar-refractivity contribution is 5.76. The van der Waals surface area contributed by atoms with E-state index in [-0.39, 0.29) is 18.5 Å². The minimum Gasteiger partial charge on any atom is -0.466 e. The maximum Gasteiger partial charge on any atom is 0.305 e. The monoisotopic (exact) mass is 1210 g/mol. The number of unbranched alkanes of at least 4 members (excludes halogenated alkanes) is 42. The van der Waals surface area contributed by atoms with Gasteiger partial charge in [0.25, 0.3) is 0 Å². The minimum atomic E-state index is -1.57. The molecule has 502 valence electrons. The fourth-order valence-corrected chi connectivity index (χ4v) is 11.3. The van der Waals surface area contributed by atoms with Crippen molar-refractivity contribution in [2.75, 3.05) is 19.8 Å². The van der Waals surface area contributed by atoms with Crippen molar-refractivity contribution >= 4 is 11.9 Å². The average molecular weight is 1210 g/mol. The second kappa shape index (κ2) is 63.9. The number of aliphatic hydroxyl groups excluding tert-OH is 5. The van der Waals surface area contributed by atoms with Gasteiger partial charge in [0.05, 0.1) is 32.0 Å². The number of ether oxygens (including phenoxy) is 3. The van der Waals surface area contributed by atoms with Gasteiger partial charge in [-0.15, -0.1) is 0 Å². The first kappa shape index (κ1) is 81.4. The lowest BCUT2D eigenvalue weighted by Crippen LogP contribution is -2.60. The van der Waals surface area contributed by atoms with Crippen molar-refractivity contribution in [3.05, 3.63) is 60.8 Å². The SMILES string of the molecule is CCCC/C=C\C/C=C\CCCCCCCC(=O)OCCCCCCCCCCC/C=C\C/C=C\CCCCCCCCCCCCCCCCCC(=O)NC(COC1OC(CO)C(O)C(O)C1O)C(O)/C=C/CCCCCCCCCCCCC. The number of esters is 1. The number of rotatable bonds is 64. The van der Waals surface area contributed by atoms with Gasteiger partial charge in [0.1, 0.15) is 24.4 Å². The Hall–Kier alpha value is -2.64. The van der Waals surface area contributed by atoms with E-state index < -0.39 is 49.5 Å². The number of amides is 1. The van der Waals surface area contributed by atoms with Crippen molar-refractivity contribution in [3.8, 4) is 0 Å². The molecule has 11 nitrogen and oxygen atoms in total. The molecule has 86 heavy (non-hydrogen) atoms. The van der Waals surface area contributed by atoms with Crippen LogP contribution in [0.5, 0.6) is 0 Å². The molecule has 0 aromatic rings. The van der Waals surface area contributed by atoms with Gasteiger partial charge in [0.2, 0.25) is 5.91 Å². The highest BCUT2D eigenvalue weighted by Gasteiger charge is 2.44. The molecule has 1 fully saturated rings. The molecule has 1 aliphatic heterocycles. The Morgan fingerprint density at radius 3 is 1.21 bits per heavy atom. The summed E-state index contributed by atoms with van der Waals surface area (Å²) in [5.74, 6) is -0.190. The topological polar surface area (TPSA) is 175 Å². The third-order valence-corrected chi connectivity index (χ3v) is 17.1. The van der Waals surface area contributed by atoms with Crippen molar-refractivity contribution in [1.82, 2.24) is 5.32 Å². The Kier molecular flexibility index (Phi) is 60.5. The van der Waals surface area contributed by atoms with Crippen LogP contribution in [0.25, 0.3) is 0 Å². The Morgan fingerprint density at radius 1 is 0.430 bits per heavy atom. The summed E-state index contributed by atoms with van der Waals surface area (Å²) in [7, 11) is 0. The van der Waals surface area contributed by atoms with E-state index in [9.17, 15) is 35.1 Å². The molecule has 0 aromatic heterocycles. The molecule has 7 unspecified atom stereocenters. The van der Waals surface area contributed by atoms with Crippen LogP contribution >= 0.6 is 0 Å². The third-order valence-electron chi connectivity index (χ3n) is 17.1. The van der Waals surface area contributed by atoms with E-state index >= 15 is 0 Å². The van der Waals surface area contributed by atoms with Crippen molar-refractivity contribution in [2.45, 2.75) is 384 Å². The summed E-state index contributed by atoms with van der Waals surface area (Å²) in [6.07, 6.45) is 74.9. The summed E-state index contributed by atoms with van der Waals surface area (Å²) >= 11 is 0. The van der Waals surface area contributed by atoms with Crippen LogP contribution in [0.4, 0.5) is 0 Å². The lowest BCUT2D eigenvalue weighted by Gasteiger charge is -2.40. The number of hydrogen-bond acceptors (Lipinski definition) is 10. The van der Waals surface area contributed by atoms with Crippen LogP contribution in [0.1, 0.15) is 341 Å². The van der Waals surface area contributed by atoms with Crippen molar-refractivity contribution in [3.63, 3.8) is 0 Å². The predicted octanol–water partition coefficient (Wildman–Crippen LogP) is 18.9. The van der Waals surface area contributed by atoms with Gasteiger partial charge in [-0.1, -0.05) is 299 Å². The Morgan fingerprint density at radius 2 is 0.791 bits per heavy atom. The molecule has 0 aromatic carbocycles. The first-order valence-corrected chi connectivity index (χ1v) is 36.6. The summed E-state index contributed by atoms with van der Waals surface area (Å²) in [4.78, 5) is 25.1. The predicted molar refractivity (Wildman–Crippen MR) is 361 cm³/mol. The van der Waals surface area contributed by atoms with E-state index in [4.69, 9.17) is 14.2 Å².